The zero-order chi connectivity index (χ0) is 13.4. The lowest BCUT2D eigenvalue weighted by Crippen LogP contribution is -2.21. The Labute approximate surface area is 114 Å². The van der Waals surface area contributed by atoms with Crippen molar-refractivity contribution in [2.75, 3.05) is 17.2 Å². The molecule has 0 bridgehead atoms. The van der Waals surface area contributed by atoms with E-state index in [2.05, 4.69) is 41.1 Å². The van der Waals surface area contributed by atoms with Gasteiger partial charge in [0.2, 0.25) is 0 Å². The molecule has 98 valence electrons. The first-order chi connectivity index (χ1) is 9.16. The molecule has 0 fully saturated rings. The van der Waals surface area contributed by atoms with Crippen LogP contribution in [0.5, 0.6) is 0 Å². The van der Waals surface area contributed by atoms with Gasteiger partial charge in [-0.2, -0.15) is 0 Å². The molecule has 3 nitrogen and oxygen atoms in total. The van der Waals surface area contributed by atoms with Crippen molar-refractivity contribution in [1.82, 2.24) is 4.98 Å². The Bertz CT molecular complexity index is 619. The molecular formula is C16H19N3. The molecule has 0 radical (unpaired) electrons. The second-order valence-electron chi connectivity index (χ2n) is 5.23. The Hall–Kier alpha value is -2.03. The monoisotopic (exact) mass is 253 g/mol. The number of benzene rings is 1. The quantitative estimate of drug-likeness (QED) is 0.895. The number of nitrogens with two attached hydrogens (primary N) is 1. The van der Waals surface area contributed by atoms with Crippen LogP contribution in [0.3, 0.4) is 0 Å². The molecule has 3 rings (SSSR count). The van der Waals surface area contributed by atoms with Crippen molar-refractivity contribution in [2.24, 2.45) is 0 Å². The van der Waals surface area contributed by atoms with Gasteiger partial charge in [0.05, 0.1) is 12.2 Å². The number of nitrogen functional groups attached to an aromatic ring is 1. The summed E-state index contributed by atoms with van der Waals surface area (Å²) in [5, 5.41) is 0. The lowest BCUT2D eigenvalue weighted by atomic mass is 10.1. The van der Waals surface area contributed by atoms with Crippen molar-refractivity contribution >= 4 is 11.4 Å². The molecule has 2 aromatic rings. The van der Waals surface area contributed by atoms with Crippen molar-refractivity contribution in [3.05, 3.63) is 52.8 Å². The van der Waals surface area contributed by atoms with Crippen molar-refractivity contribution in [3.8, 4) is 0 Å². The molecule has 19 heavy (non-hydrogen) atoms. The number of hydrogen-bond donors (Lipinski definition) is 1. The molecule has 0 amide bonds. The summed E-state index contributed by atoms with van der Waals surface area (Å²) in [4.78, 5) is 6.94. The van der Waals surface area contributed by atoms with Crippen LogP contribution in [0.2, 0.25) is 0 Å². The molecule has 1 aliphatic heterocycles. The number of para-hydroxylation sites is 1. The van der Waals surface area contributed by atoms with Crippen LogP contribution in [0.25, 0.3) is 0 Å². The minimum absolute atomic E-state index is 0.841. The number of rotatable bonds is 2. The Morgan fingerprint density at radius 2 is 2.05 bits per heavy atom. The SMILES string of the molecule is Cc1cnc(CN2CCc3ccccc32)c(C)c1N. The molecule has 0 saturated heterocycles. The highest BCUT2D eigenvalue weighted by Crippen LogP contribution is 2.29. The van der Waals surface area contributed by atoms with Crippen LogP contribution in [0.4, 0.5) is 11.4 Å². The van der Waals surface area contributed by atoms with E-state index in [1.165, 1.54) is 11.3 Å². The molecule has 1 aromatic carbocycles. The molecule has 0 saturated carbocycles. The summed E-state index contributed by atoms with van der Waals surface area (Å²) >= 11 is 0. The number of aryl methyl sites for hydroxylation is 1. The van der Waals surface area contributed by atoms with Crippen molar-refractivity contribution in [1.29, 1.82) is 0 Å². The van der Waals surface area contributed by atoms with Gasteiger partial charge in [0.15, 0.2) is 0 Å². The van der Waals surface area contributed by atoms with Gasteiger partial charge >= 0.3 is 0 Å². The van der Waals surface area contributed by atoms with E-state index < -0.39 is 0 Å². The lowest BCUT2D eigenvalue weighted by Gasteiger charge is -2.20. The highest BCUT2D eigenvalue weighted by Gasteiger charge is 2.19. The Kier molecular flexibility index (Phi) is 2.90. The second kappa shape index (κ2) is 4.57. The highest BCUT2D eigenvalue weighted by atomic mass is 15.2. The summed E-state index contributed by atoms with van der Waals surface area (Å²) < 4.78 is 0. The Balaban J connectivity index is 1.90. The number of nitrogens with zero attached hydrogens (tertiary/aromatic N) is 2. The number of pyridine rings is 1. The summed E-state index contributed by atoms with van der Waals surface area (Å²) in [7, 11) is 0. The summed E-state index contributed by atoms with van der Waals surface area (Å²) in [5.41, 5.74) is 13.0. The van der Waals surface area contributed by atoms with Crippen LogP contribution < -0.4 is 10.6 Å². The average Bonchev–Trinajstić information content (AvgIpc) is 2.83. The van der Waals surface area contributed by atoms with Gasteiger partial charge in [0.25, 0.3) is 0 Å². The maximum Gasteiger partial charge on any atom is 0.0646 e. The maximum absolute atomic E-state index is 6.09. The van der Waals surface area contributed by atoms with E-state index in [1.807, 2.05) is 13.1 Å². The summed E-state index contributed by atoms with van der Waals surface area (Å²) in [6.07, 6.45) is 3.00. The number of anilines is 2. The first kappa shape index (κ1) is 12.0. The zero-order valence-corrected chi connectivity index (χ0v) is 11.5. The molecule has 1 aromatic heterocycles. The van der Waals surface area contributed by atoms with E-state index >= 15 is 0 Å². The van der Waals surface area contributed by atoms with E-state index in [0.717, 1.165) is 42.0 Å². The van der Waals surface area contributed by atoms with Gasteiger partial charge in [-0.25, -0.2) is 0 Å². The van der Waals surface area contributed by atoms with Crippen LogP contribution in [0.1, 0.15) is 22.4 Å². The van der Waals surface area contributed by atoms with Gasteiger partial charge in [-0.1, -0.05) is 18.2 Å². The fourth-order valence-electron chi connectivity index (χ4n) is 2.70. The van der Waals surface area contributed by atoms with Crippen molar-refractivity contribution in [2.45, 2.75) is 26.8 Å². The molecule has 2 N–H and O–H groups in total. The third-order valence-electron chi connectivity index (χ3n) is 4.00. The van der Waals surface area contributed by atoms with Crippen molar-refractivity contribution < 1.29 is 0 Å². The van der Waals surface area contributed by atoms with Gasteiger partial charge in [0.1, 0.15) is 0 Å². The molecule has 0 unspecified atom stereocenters. The topological polar surface area (TPSA) is 42.2 Å². The number of fused-ring (bicyclic) bond motifs is 1. The second-order valence-corrected chi connectivity index (χ2v) is 5.23. The number of aromatic nitrogens is 1. The van der Waals surface area contributed by atoms with E-state index in [1.54, 1.807) is 0 Å². The normalized spacial score (nSPS) is 13.7. The minimum atomic E-state index is 0.841. The van der Waals surface area contributed by atoms with Crippen LogP contribution in [0.15, 0.2) is 30.5 Å². The molecule has 0 aliphatic carbocycles. The van der Waals surface area contributed by atoms with Crippen LogP contribution >= 0.6 is 0 Å². The third-order valence-corrected chi connectivity index (χ3v) is 4.00. The fraction of sp³-hybridized carbons (Fsp3) is 0.312. The lowest BCUT2D eigenvalue weighted by molar-refractivity contribution is 0.808. The molecule has 3 heteroatoms. The highest BCUT2D eigenvalue weighted by molar-refractivity contribution is 5.59. The largest absolute Gasteiger partial charge is 0.398 e. The van der Waals surface area contributed by atoms with Crippen LogP contribution in [-0.2, 0) is 13.0 Å². The third kappa shape index (κ3) is 2.05. The van der Waals surface area contributed by atoms with Crippen molar-refractivity contribution in [3.63, 3.8) is 0 Å². The standard InChI is InChI=1S/C16H19N3/c1-11-9-18-14(12(2)16(11)17)10-19-8-7-13-5-3-4-6-15(13)19/h3-6,9H,7-8,10H2,1-2H3,(H2,17,18). The van der Waals surface area contributed by atoms with Gasteiger partial charge in [-0.05, 0) is 43.0 Å². The predicted molar refractivity (Wildman–Crippen MR) is 79.3 cm³/mol. The summed E-state index contributed by atoms with van der Waals surface area (Å²) in [6.45, 7) is 5.97. The minimum Gasteiger partial charge on any atom is -0.398 e. The molecule has 0 atom stereocenters. The van der Waals surface area contributed by atoms with E-state index in [-0.39, 0.29) is 0 Å². The summed E-state index contributed by atoms with van der Waals surface area (Å²) in [5.74, 6) is 0. The fourth-order valence-corrected chi connectivity index (χ4v) is 2.70. The van der Waals surface area contributed by atoms with Crippen LogP contribution in [-0.4, -0.2) is 11.5 Å². The first-order valence-electron chi connectivity index (χ1n) is 6.70. The first-order valence-corrected chi connectivity index (χ1v) is 6.70. The molecule has 0 spiro atoms. The van der Waals surface area contributed by atoms with E-state index in [4.69, 9.17) is 5.73 Å². The molecular weight excluding hydrogens is 234 g/mol. The Morgan fingerprint density at radius 1 is 1.26 bits per heavy atom. The van der Waals surface area contributed by atoms with Crippen LogP contribution in [0, 0.1) is 13.8 Å². The average molecular weight is 253 g/mol. The van der Waals surface area contributed by atoms with Gasteiger partial charge < -0.3 is 10.6 Å². The van der Waals surface area contributed by atoms with Gasteiger partial charge in [-0.15, -0.1) is 0 Å². The summed E-state index contributed by atoms with van der Waals surface area (Å²) in [6, 6.07) is 8.60. The Morgan fingerprint density at radius 3 is 2.89 bits per heavy atom. The van der Waals surface area contributed by atoms with Gasteiger partial charge in [-0.3, -0.25) is 4.98 Å². The van der Waals surface area contributed by atoms with Gasteiger partial charge in [0, 0.05) is 24.1 Å². The maximum atomic E-state index is 6.09. The van der Waals surface area contributed by atoms with E-state index in [0.29, 0.717) is 0 Å². The molecule has 2 heterocycles. The molecule has 1 aliphatic rings. The smallest absolute Gasteiger partial charge is 0.0646 e. The van der Waals surface area contributed by atoms with E-state index in [9.17, 15) is 0 Å². The number of hydrogen-bond acceptors (Lipinski definition) is 3. The zero-order valence-electron chi connectivity index (χ0n) is 11.5. The predicted octanol–water partition coefficient (Wildman–Crippen LogP) is 2.84.